The Bertz CT molecular complexity index is 35.4. The number of hydrogen-bond donors (Lipinski definition) is 1. The Kier molecular flexibility index (Phi) is 12.9. The van der Waals surface area contributed by atoms with Crippen molar-refractivity contribution >= 4 is 5.71 Å². The maximum Gasteiger partial charge on any atom is 0.00272 e. The molecule has 1 heteroatoms. The molecule has 0 rings (SSSR count). The summed E-state index contributed by atoms with van der Waals surface area (Å²) in [5.41, 5.74) is 0.667. The van der Waals surface area contributed by atoms with Crippen molar-refractivity contribution in [3.63, 3.8) is 0 Å². The number of hydrogen-bond acceptors (Lipinski definition) is 1. The fraction of sp³-hybridized carbons (Fsp3) is 0.833. The summed E-state index contributed by atoms with van der Waals surface area (Å²) >= 11 is 0. The number of nitrogens with one attached hydrogen (secondary N) is 1. The third kappa shape index (κ3) is 701. The molecule has 0 aromatic rings. The van der Waals surface area contributed by atoms with Crippen molar-refractivity contribution in [3.05, 3.63) is 0 Å². The van der Waals surface area contributed by atoms with Crippen LogP contribution < -0.4 is 0 Å². The van der Waals surface area contributed by atoms with Gasteiger partial charge in [-0.25, -0.2) is 0 Å². The van der Waals surface area contributed by atoms with Gasteiger partial charge in [0.25, 0.3) is 0 Å². The first-order valence-corrected chi connectivity index (χ1v) is 2.66. The van der Waals surface area contributed by atoms with Crippen LogP contribution >= 0.6 is 0 Å². The van der Waals surface area contributed by atoms with E-state index in [1.165, 1.54) is 6.42 Å². The summed E-state index contributed by atoms with van der Waals surface area (Å²) in [6.45, 7) is 7.75. The molecule has 44 valence electrons. The van der Waals surface area contributed by atoms with Crippen molar-refractivity contribution in [2.24, 2.45) is 0 Å². The van der Waals surface area contributed by atoms with Crippen LogP contribution in [0.1, 0.15) is 34.1 Å². The quantitative estimate of drug-likeness (QED) is 0.453. The van der Waals surface area contributed by atoms with Crippen LogP contribution in [0.25, 0.3) is 0 Å². The van der Waals surface area contributed by atoms with Crippen molar-refractivity contribution in [1.82, 2.24) is 0 Å². The van der Waals surface area contributed by atoms with Gasteiger partial charge in [-0.15, -0.1) is 0 Å². The summed E-state index contributed by atoms with van der Waals surface area (Å²) in [5.74, 6) is 0. The van der Waals surface area contributed by atoms with Crippen molar-refractivity contribution in [2.45, 2.75) is 34.1 Å². The molecule has 1 nitrogen and oxygen atoms in total. The Morgan fingerprint density at radius 3 is 1.29 bits per heavy atom. The molecule has 0 heterocycles. The third-order valence-corrected chi connectivity index (χ3v) is 0. The SMILES string of the molecule is CC(C)=N.CCC. The summed E-state index contributed by atoms with van der Waals surface area (Å²) in [6.07, 6.45) is 1.25. The average Bonchev–Trinajstić information content (AvgIpc) is 1.33. The molecule has 1 N–H and O–H groups in total. The van der Waals surface area contributed by atoms with Gasteiger partial charge in [-0.05, 0) is 13.8 Å². The fourth-order valence-electron chi connectivity index (χ4n) is 0. The van der Waals surface area contributed by atoms with E-state index in [0.29, 0.717) is 5.71 Å². The van der Waals surface area contributed by atoms with Crippen LogP contribution in [0.2, 0.25) is 0 Å². The summed E-state index contributed by atoms with van der Waals surface area (Å²) in [5, 5.41) is 6.50. The van der Waals surface area contributed by atoms with Gasteiger partial charge in [0.15, 0.2) is 0 Å². The molecule has 0 aliphatic rings. The highest BCUT2D eigenvalue weighted by atomic mass is 14.3. The molecule has 0 unspecified atom stereocenters. The molecule has 0 aliphatic heterocycles. The first-order chi connectivity index (χ1) is 3.15. The molecular formula is C6H15N. The molecule has 0 fully saturated rings. The zero-order valence-corrected chi connectivity index (χ0v) is 5.71. The Balaban J connectivity index is 0. The van der Waals surface area contributed by atoms with E-state index in [9.17, 15) is 0 Å². The Morgan fingerprint density at radius 2 is 1.29 bits per heavy atom. The zero-order valence-electron chi connectivity index (χ0n) is 5.71. The summed E-state index contributed by atoms with van der Waals surface area (Å²) in [7, 11) is 0. The van der Waals surface area contributed by atoms with E-state index in [-0.39, 0.29) is 0 Å². The highest BCUT2D eigenvalue weighted by Crippen LogP contribution is 1.56. The normalized spacial score (nSPS) is 6.29. The first kappa shape index (κ1) is 9.83. The van der Waals surface area contributed by atoms with Crippen LogP contribution in [0, 0.1) is 5.41 Å². The van der Waals surface area contributed by atoms with Gasteiger partial charge in [-0.1, -0.05) is 20.3 Å². The topological polar surface area (TPSA) is 23.9 Å². The van der Waals surface area contributed by atoms with Gasteiger partial charge in [0.2, 0.25) is 0 Å². The summed E-state index contributed by atoms with van der Waals surface area (Å²) < 4.78 is 0. The smallest absolute Gasteiger partial charge is 0.00272 e. The van der Waals surface area contributed by atoms with Gasteiger partial charge >= 0.3 is 0 Å². The van der Waals surface area contributed by atoms with E-state index < -0.39 is 0 Å². The highest BCUT2D eigenvalue weighted by molar-refractivity contribution is 5.75. The zero-order chi connectivity index (χ0) is 6.28. The second-order valence-electron chi connectivity index (χ2n) is 1.71. The lowest BCUT2D eigenvalue weighted by molar-refractivity contribution is 1.09. The maximum absolute atomic E-state index is 6.50. The number of rotatable bonds is 0. The van der Waals surface area contributed by atoms with E-state index in [1.807, 2.05) is 0 Å². The van der Waals surface area contributed by atoms with E-state index in [1.54, 1.807) is 13.8 Å². The molecule has 0 amide bonds. The molecule has 0 spiro atoms. The largest absolute Gasteiger partial charge is 0.310 e. The Morgan fingerprint density at radius 1 is 1.29 bits per heavy atom. The summed E-state index contributed by atoms with van der Waals surface area (Å²) in [4.78, 5) is 0. The lowest BCUT2D eigenvalue weighted by Crippen LogP contribution is -1.67. The van der Waals surface area contributed by atoms with E-state index in [4.69, 9.17) is 5.41 Å². The molecule has 0 bridgehead atoms. The van der Waals surface area contributed by atoms with Crippen LogP contribution in [0.4, 0.5) is 0 Å². The molecule has 0 aromatic carbocycles. The fourth-order valence-corrected chi connectivity index (χ4v) is 0. The minimum absolute atomic E-state index is 0.667. The van der Waals surface area contributed by atoms with Gasteiger partial charge in [0, 0.05) is 5.71 Å². The Hall–Kier alpha value is -0.330. The molecular weight excluding hydrogens is 86.1 g/mol. The second-order valence-corrected chi connectivity index (χ2v) is 1.71. The monoisotopic (exact) mass is 101 g/mol. The molecule has 0 aromatic heterocycles. The average molecular weight is 101 g/mol. The summed E-state index contributed by atoms with van der Waals surface area (Å²) in [6, 6.07) is 0. The van der Waals surface area contributed by atoms with Crippen LogP contribution in [-0.2, 0) is 0 Å². The molecule has 0 saturated heterocycles. The van der Waals surface area contributed by atoms with Gasteiger partial charge in [-0.3, -0.25) is 0 Å². The lowest BCUT2D eigenvalue weighted by atomic mass is 10.5. The third-order valence-electron chi connectivity index (χ3n) is 0. The Labute approximate surface area is 46.3 Å². The van der Waals surface area contributed by atoms with Crippen molar-refractivity contribution in [3.8, 4) is 0 Å². The molecule has 7 heavy (non-hydrogen) atoms. The van der Waals surface area contributed by atoms with Crippen LogP contribution in [0.3, 0.4) is 0 Å². The molecule has 0 aliphatic carbocycles. The predicted molar refractivity (Wildman–Crippen MR) is 35.0 cm³/mol. The van der Waals surface area contributed by atoms with Gasteiger partial charge < -0.3 is 5.41 Å². The predicted octanol–water partition coefficient (Wildman–Crippen LogP) is 2.46. The van der Waals surface area contributed by atoms with Crippen molar-refractivity contribution in [1.29, 1.82) is 5.41 Å². The van der Waals surface area contributed by atoms with E-state index in [0.717, 1.165) is 0 Å². The van der Waals surface area contributed by atoms with E-state index in [2.05, 4.69) is 13.8 Å². The molecule has 0 radical (unpaired) electrons. The standard InChI is InChI=1S/C3H7N.C3H8/c1-3(2)4;1-3-2/h4H,1-2H3;3H2,1-2H3. The van der Waals surface area contributed by atoms with E-state index >= 15 is 0 Å². The van der Waals surface area contributed by atoms with Crippen LogP contribution in [-0.4, -0.2) is 5.71 Å². The molecule has 0 saturated carbocycles. The highest BCUT2D eigenvalue weighted by Gasteiger charge is 1.55. The van der Waals surface area contributed by atoms with Gasteiger partial charge in [-0.2, -0.15) is 0 Å². The maximum atomic E-state index is 6.50. The van der Waals surface area contributed by atoms with Crippen molar-refractivity contribution < 1.29 is 0 Å². The first-order valence-electron chi connectivity index (χ1n) is 2.66. The lowest BCUT2D eigenvalue weighted by Gasteiger charge is -1.63. The van der Waals surface area contributed by atoms with Crippen LogP contribution in [0.5, 0.6) is 0 Å². The van der Waals surface area contributed by atoms with Crippen molar-refractivity contribution in [2.75, 3.05) is 0 Å². The van der Waals surface area contributed by atoms with Gasteiger partial charge in [0.1, 0.15) is 0 Å². The van der Waals surface area contributed by atoms with Crippen LogP contribution in [0.15, 0.2) is 0 Å². The minimum Gasteiger partial charge on any atom is -0.310 e. The second kappa shape index (κ2) is 9.18. The minimum atomic E-state index is 0.667. The van der Waals surface area contributed by atoms with Gasteiger partial charge in [0.05, 0.1) is 0 Å². The molecule has 0 atom stereocenters.